The van der Waals surface area contributed by atoms with Crippen LogP contribution in [0.4, 0.5) is 11.4 Å². The van der Waals surface area contributed by atoms with E-state index in [0.29, 0.717) is 21.2 Å². The number of hydrazone groups is 1. The Morgan fingerprint density at radius 1 is 0.795 bits per heavy atom. The fraction of sp³-hybridized carbons (Fsp3) is 0.0645. The number of benzene rings is 4. The van der Waals surface area contributed by atoms with Crippen molar-refractivity contribution < 1.29 is 14.3 Å². The summed E-state index contributed by atoms with van der Waals surface area (Å²) in [6.45, 7) is 0. The van der Waals surface area contributed by atoms with Crippen LogP contribution in [0.3, 0.4) is 0 Å². The average molecular weight is 550 g/mol. The van der Waals surface area contributed by atoms with E-state index < -0.39 is 4.33 Å². The van der Waals surface area contributed by atoms with E-state index in [1.807, 2.05) is 109 Å². The van der Waals surface area contributed by atoms with Gasteiger partial charge in [-0.2, -0.15) is 5.10 Å². The Balaban J connectivity index is 1.49. The van der Waals surface area contributed by atoms with Crippen LogP contribution >= 0.6 is 23.5 Å². The molecule has 0 unspecified atom stereocenters. The molecular formula is C31H23N3O3S2. The van der Waals surface area contributed by atoms with Gasteiger partial charge >= 0.3 is 0 Å². The van der Waals surface area contributed by atoms with E-state index in [0.717, 1.165) is 17.0 Å². The van der Waals surface area contributed by atoms with Crippen LogP contribution in [0.15, 0.2) is 125 Å². The summed E-state index contributed by atoms with van der Waals surface area (Å²) in [6.07, 6.45) is 1.87. The topological polar surface area (TPSA) is 62.2 Å². The Labute approximate surface area is 235 Å². The smallest absolute Gasteiger partial charge is 0.268 e. The highest BCUT2D eigenvalue weighted by atomic mass is 32.2. The van der Waals surface area contributed by atoms with Gasteiger partial charge < -0.3 is 4.74 Å². The number of thioether (sulfide) groups is 2. The molecule has 2 aliphatic heterocycles. The van der Waals surface area contributed by atoms with Gasteiger partial charge in [0.2, 0.25) is 10.1 Å². The number of ether oxygens (including phenoxy) is 1. The molecule has 0 saturated carbocycles. The summed E-state index contributed by atoms with van der Waals surface area (Å²) in [6, 6.07) is 35.8. The van der Waals surface area contributed by atoms with E-state index in [1.165, 1.54) is 23.5 Å². The van der Waals surface area contributed by atoms with Gasteiger partial charge in [0.05, 0.1) is 17.7 Å². The van der Waals surface area contributed by atoms with Crippen molar-refractivity contribution in [2.24, 2.45) is 5.10 Å². The van der Waals surface area contributed by atoms with Gasteiger partial charge in [-0.25, -0.2) is 5.01 Å². The van der Waals surface area contributed by atoms with Crippen LogP contribution in [0.5, 0.6) is 5.75 Å². The van der Waals surface area contributed by atoms with Gasteiger partial charge in [-0.3, -0.25) is 14.5 Å². The number of ketones is 1. The zero-order valence-corrected chi connectivity index (χ0v) is 22.6. The standard InChI is InChI=1S/C31H23N3O3S2/c1-37-26-19-17-22(18-20-26)21-27-30(36)33(24-13-7-3-8-14-24)31(38-27)34(25-15-9-4-10-16-25)32-29(39-31)28(35)23-11-5-2-6-12-23/h2-21H,1H3/b27-21-/t31-/m1/s1. The molecule has 6 rings (SSSR count). The molecule has 0 bridgehead atoms. The molecule has 4 aromatic rings. The van der Waals surface area contributed by atoms with Gasteiger partial charge in [0.1, 0.15) is 5.75 Å². The lowest BCUT2D eigenvalue weighted by atomic mass is 10.1. The van der Waals surface area contributed by atoms with E-state index in [-0.39, 0.29) is 11.7 Å². The fourth-order valence-electron chi connectivity index (χ4n) is 4.41. The number of rotatable bonds is 6. The number of methoxy groups -OCH3 is 1. The molecule has 0 N–H and O–H groups in total. The lowest BCUT2D eigenvalue weighted by molar-refractivity contribution is -0.114. The molecule has 1 saturated heterocycles. The summed E-state index contributed by atoms with van der Waals surface area (Å²) in [5, 5.41) is 6.96. The minimum atomic E-state index is -1.09. The zero-order valence-electron chi connectivity index (χ0n) is 20.9. The third-order valence-corrected chi connectivity index (χ3v) is 9.00. The first kappa shape index (κ1) is 25.0. The quantitative estimate of drug-likeness (QED) is 0.193. The maximum atomic E-state index is 14.2. The first-order valence-corrected chi connectivity index (χ1v) is 13.9. The van der Waals surface area contributed by atoms with E-state index in [2.05, 4.69) is 0 Å². The van der Waals surface area contributed by atoms with Gasteiger partial charge in [0, 0.05) is 11.3 Å². The van der Waals surface area contributed by atoms with Crippen molar-refractivity contribution in [3.63, 3.8) is 0 Å². The molecule has 8 heteroatoms. The van der Waals surface area contributed by atoms with E-state index in [9.17, 15) is 9.59 Å². The van der Waals surface area contributed by atoms with Crippen LogP contribution in [0.1, 0.15) is 15.9 Å². The Hall–Kier alpha value is -4.27. The maximum Gasteiger partial charge on any atom is 0.268 e. The summed E-state index contributed by atoms with van der Waals surface area (Å²) < 4.78 is 4.20. The summed E-state index contributed by atoms with van der Waals surface area (Å²) in [5.74, 6) is 0.384. The largest absolute Gasteiger partial charge is 0.497 e. The predicted octanol–water partition coefficient (Wildman–Crippen LogP) is 6.88. The lowest BCUT2D eigenvalue weighted by Crippen LogP contribution is -2.51. The van der Waals surface area contributed by atoms with E-state index in [1.54, 1.807) is 29.2 Å². The number of amides is 1. The van der Waals surface area contributed by atoms with Crippen molar-refractivity contribution in [2.75, 3.05) is 17.0 Å². The summed E-state index contributed by atoms with van der Waals surface area (Å²) in [5.41, 5.74) is 2.90. The number of nitrogens with zero attached hydrogens (tertiary/aromatic N) is 3. The average Bonchev–Trinajstić information content (AvgIpc) is 3.50. The van der Waals surface area contributed by atoms with Gasteiger partial charge in [0.15, 0.2) is 5.04 Å². The Morgan fingerprint density at radius 2 is 1.38 bits per heavy atom. The Kier molecular flexibility index (Phi) is 6.72. The minimum absolute atomic E-state index is 0.168. The Bertz CT molecular complexity index is 1580. The molecule has 2 aliphatic rings. The van der Waals surface area contributed by atoms with Gasteiger partial charge in [-0.15, -0.1) is 0 Å². The molecule has 1 atom stereocenters. The predicted molar refractivity (Wildman–Crippen MR) is 160 cm³/mol. The summed E-state index contributed by atoms with van der Waals surface area (Å²) >= 11 is 2.67. The molecule has 0 aromatic heterocycles. The SMILES string of the molecule is COc1ccc(/C=C2\S[C@@]3(SC(C(=O)c4ccccc4)=NN3c3ccccc3)N(c3ccccc3)C2=O)cc1. The summed E-state index contributed by atoms with van der Waals surface area (Å²) in [4.78, 5) is 30.0. The first-order chi connectivity index (χ1) is 19.1. The number of Topliss-reactive ketones (excluding diaryl/α,β-unsaturated/α-hetero) is 1. The number of hydrogen-bond donors (Lipinski definition) is 0. The highest BCUT2D eigenvalue weighted by Crippen LogP contribution is 2.59. The van der Waals surface area contributed by atoms with Crippen molar-refractivity contribution in [2.45, 2.75) is 4.33 Å². The highest BCUT2D eigenvalue weighted by Gasteiger charge is 2.60. The Morgan fingerprint density at radius 3 is 2.00 bits per heavy atom. The number of carbonyl (C=O) groups excluding carboxylic acids is 2. The molecule has 0 radical (unpaired) electrons. The third-order valence-electron chi connectivity index (χ3n) is 6.29. The van der Waals surface area contributed by atoms with Gasteiger partial charge in [0.25, 0.3) is 5.91 Å². The molecule has 6 nitrogen and oxygen atoms in total. The molecule has 4 aromatic carbocycles. The number of hydrogen-bond acceptors (Lipinski definition) is 7. The number of carbonyl (C=O) groups is 2. The molecule has 39 heavy (non-hydrogen) atoms. The number of para-hydroxylation sites is 2. The fourth-order valence-corrected chi connectivity index (χ4v) is 7.36. The second kappa shape index (κ2) is 10.5. The van der Waals surface area contributed by atoms with Crippen molar-refractivity contribution in [1.29, 1.82) is 0 Å². The van der Waals surface area contributed by atoms with E-state index >= 15 is 0 Å². The second-order valence-corrected chi connectivity index (χ2v) is 11.4. The summed E-state index contributed by atoms with van der Waals surface area (Å²) in [7, 11) is 1.62. The van der Waals surface area contributed by atoms with Crippen LogP contribution in [0, 0.1) is 0 Å². The second-order valence-electron chi connectivity index (χ2n) is 8.76. The van der Waals surface area contributed by atoms with Gasteiger partial charge in [-0.1, -0.05) is 90.6 Å². The molecule has 2 heterocycles. The van der Waals surface area contributed by atoms with Crippen molar-refractivity contribution in [1.82, 2.24) is 0 Å². The molecular weight excluding hydrogens is 526 g/mol. The third kappa shape index (κ3) is 4.62. The molecule has 192 valence electrons. The van der Waals surface area contributed by atoms with Crippen LogP contribution in [0.2, 0.25) is 0 Å². The highest BCUT2D eigenvalue weighted by molar-refractivity contribution is 8.29. The lowest BCUT2D eigenvalue weighted by Gasteiger charge is -2.38. The molecule has 1 amide bonds. The van der Waals surface area contributed by atoms with Gasteiger partial charge in [-0.05, 0) is 59.8 Å². The first-order valence-electron chi connectivity index (χ1n) is 12.3. The maximum absolute atomic E-state index is 14.2. The molecule has 1 fully saturated rings. The van der Waals surface area contributed by atoms with Crippen LogP contribution in [-0.4, -0.2) is 28.2 Å². The van der Waals surface area contributed by atoms with Crippen LogP contribution in [-0.2, 0) is 4.79 Å². The minimum Gasteiger partial charge on any atom is -0.497 e. The zero-order chi connectivity index (χ0) is 26.8. The monoisotopic (exact) mass is 549 g/mol. The van der Waals surface area contributed by atoms with E-state index in [4.69, 9.17) is 9.84 Å². The van der Waals surface area contributed by atoms with Crippen molar-refractivity contribution in [3.05, 3.63) is 131 Å². The normalized spacial score (nSPS) is 19.6. The van der Waals surface area contributed by atoms with Crippen molar-refractivity contribution >= 4 is 57.7 Å². The number of anilines is 2. The van der Waals surface area contributed by atoms with Crippen LogP contribution in [0.25, 0.3) is 6.08 Å². The van der Waals surface area contributed by atoms with Crippen LogP contribution < -0.4 is 14.6 Å². The van der Waals surface area contributed by atoms with Crippen molar-refractivity contribution in [3.8, 4) is 5.75 Å². The molecule has 1 spiro atoms. The molecule has 0 aliphatic carbocycles.